The standard InChI is InChI=1S/C17H20N4O4/c1-3-25-16(23)13-6-4-5-7-14(13)21-15(22)12-10-19-17(20-11-12)18-8-9-24-2/h4-7,10-11H,3,8-9H2,1-2H3,(H,21,22)(H,18,19,20). The van der Waals surface area contributed by atoms with E-state index in [1.54, 1.807) is 38.3 Å². The van der Waals surface area contributed by atoms with Crippen molar-refractivity contribution < 1.29 is 19.1 Å². The molecule has 0 saturated carbocycles. The van der Waals surface area contributed by atoms with Crippen molar-refractivity contribution in [3.63, 3.8) is 0 Å². The van der Waals surface area contributed by atoms with Gasteiger partial charge in [0.1, 0.15) is 0 Å². The molecule has 25 heavy (non-hydrogen) atoms. The Hall–Kier alpha value is -3.00. The molecule has 0 fully saturated rings. The lowest BCUT2D eigenvalue weighted by molar-refractivity contribution is 0.0527. The molecule has 1 aromatic carbocycles. The van der Waals surface area contributed by atoms with E-state index >= 15 is 0 Å². The number of carbonyl (C=O) groups is 2. The molecule has 1 heterocycles. The maximum atomic E-state index is 12.3. The fraction of sp³-hybridized carbons (Fsp3) is 0.294. The molecule has 2 rings (SSSR count). The van der Waals surface area contributed by atoms with Crippen molar-refractivity contribution in [1.82, 2.24) is 9.97 Å². The second-order valence-corrected chi connectivity index (χ2v) is 4.94. The number of methoxy groups -OCH3 is 1. The smallest absolute Gasteiger partial charge is 0.340 e. The maximum absolute atomic E-state index is 12.3. The van der Waals surface area contributed by atoms with E-state index in [1.165, 1.54) is 12.4 Å². The first-order chi connectivity index (χ1) is 12.2. The lowest BCUT2D eigenvalue weighted by atomic mass is 10.1. The molecule has 0 saturated heterocycles. The zero-order valence-electron chi connectivity index (χ0n) is 14.1. The predicted octanol–water partition coefficient (Wildman–Crippen LogP) is 1.96. The molecule has 0 bridgehead atoms. The number of para-hydroxylation sites is 1. The van der Waals surface area contributed by atoms with E-state index in [2.05, 4.69) is 20.6 Å². The summed E-state index contributed by atoms with van der Waals surface area (Å²) in [7, 11) is 1.60. The highest BCUT2D eigenvalue weighted by atomic mass is 16.5. The molecular formula is C17H20N4O4. The number of hydrogen-bond acceptors (Lipinski definition) is 7. The third-order valence-corrected chi connectivity index (χ3v) is 3.17. The van der Waals surface area contributed by atoms with Crippen molar-refractivity contribution in [2.45, 2.75) is 6.92 Å². The van der Waals surface area contributed by atoms with Gasteiger partial charge in [0, 0.05) is 26.0 Å². The van der Waals surface area contributed by atoms with Crippen molar-refractivity contribution >= 4 is 23.5 Å². The zero-order valence-corrected chi connectivity index (χ0v) is 14.1. The van der Waals surface area contributed by atoms with E-state index < -0.39 is 11.9 Å². The Morgan fingerprint density at radius 1 is 1.16 bits per heavy atom. The SMILES string of the molecule is CCOC(=O)c1ccccc1NC(=O)c1cnc(NCCOC)nc1. The van der Waals surface area contributed by atoms with Gasteiger partial charge in [-0.25, -0.2) is 14.8 Å². The van der Waals surface area contributed by atoms with Crippen molar-refractivity contribution in [3.8, 4) is 0 Å². The van der Waals surface area contributed by atoms with Crippen LogP contribution in [0.2, 0.25) is 0 Å². The van der Waals surface area contributed by atoms with Gasteiger partial charge in [0.2, 0.25) is 5.95 Å². The minimum atomic E-state index is -0.493. The lowest BCUT2D eigenvalue weighted by Crippen LogP contribution is -2.17. The van der Waals surface area contributed by atoms with Crippen molar-refractivity contribution in [1.29, 1.82) is 0 Å². The molecule has 1 aromatic heterocycles. The first-order valence-electron chi connectivity index (χ1n) is 7.78. The molecular weight excluding hydrogens is 324 g/mol. The normalized spacial score (nSPS) is 10.2. The van der Waals surface area contributed by atoms with E-state index in [-0.39, 0.29) is 17.7 Å². The van der Waals surface area contributed by atoms with Crippen LogP contribution in [-0.2, 0) is 9.47 Å². The summed E-state index contributed by atoms with van der Waals surface area (Å²) >= 11 is 0. The van der Waals surface area contributed by atoms with Crippen LogP contribution in [0.25, 0.3) is 0 Å². The van der Waals surface area contributed by atoms with Gasteiger partial charge in [-0.05, 0) is 19.1 Å². The van der Waals surface area contributed by atoms with Crippen LogP contribution in [0, 0.1) is 0 Å². The average Bonchev–Trinajstić information content (AvgIpc) is 2.63. The van der Waals surface area contributed by atoms with Crippen molar-refractivity contribution in [2.75, 3.05) is 37.5 Å². The molecule has 8 nitrogen and oxygen atoms in total. The van der Waals surface area contributed by atoms with Gasteiger partial charge < -0.3 is 20.1 Å². The molecule has 0 atom stereocenters. The highest BCUT2D eigenvalue weighted by molar-refractivity contribution is 6.07. The number of esters is 1. The number of carbonyl (C=O) groups excluding carboxylic acids is 2. The Morgan fingerprint density at radius 2 is 1.88 bits per heavy atom. The summed E-state index contributed by atoms with van der Waals surface area (Å²) in [6.07, 6.45) is 2.81. The minimum absolute atomic E-state index is 0.256. The highest BCUT2D eigenvalue weighted by Crippen LogP contribution is 2.17. The molecule has 132 valence electrons. The Labute approximate surface area is 145 Å². The van der Waals surface area contributed by atoms with Crippen LogP contribution in [0.5, 0.6) is 0 Å². The number of anilines is 2. The molecule has 0 radical (unpaired) electrons. The summed E-state index contributed by atoms with van der Waals surface area (Å²) in [5.74, 6) is -0.506. The maximum Gasteiger partial charge on any atom is 0.340 e. The zero-order chi connectivity index (χ0) is 18.1. The molecule has 0 aliphatic rings. The Bertz CT molecular complexity index is 719. The fourth-order valence-electron chi connectivity index (χ4n) is 1.97. The quantitative estimate of drug-likeness (QED) is 0.557. The highest BCUT2D eigenvalue weighted by Gasteiger charge is 2.15. The van der Waals surface area contributed by atoms with Crippen LogP contribution in [0.4, 0.5) is 11.6 Å². The molecule has 0 spiro atoms. The average molecular weight is 344 g/mol. The summed E-state index contributed by atoms with van der Waals surface area (Å²) in [6, 6.07) is 6.64. The van der Waals surface area contributed by atoms with Crippen LogP contribution in [-0.4, -0.2) is 48.7 Å². The van der Waals surface area contributed by atoms with Gasteiger partial charge >= 0.3 is 5.97 Å². The van der Waals surface area contributed by atoms with Crippen LogP contribution in [0.15, 0.2) is 36.7 Å². The minimum Gasteiger partial charge on any atom is -0.462 e. The summed E-state index contributed by atoms with van der Waals surface area (Å²) in [4.78, 5) is 32.4. The number of nitrogens with one attached hydrogen (secondary N) is 2. The first kappa shape index (κ1) is 18.3. The first-order valence-corrected chi connectivity index (χ1v) is 7.78. The summed E-state index contributed by atoms with van der Waals surface area (Å²) in [5.41, 5.74) is 0.931. The second-order valence-electron chi connectivity index (χ2n) is 4.94. The van der Waals surface area contributed by atoms with Gasteiger partial charge in [0.25, 0.3) is 5.91 Å². The Morgan fingerprint density at radius 3 is 2.56 bits per heavy atom. The summed E-state index contributed by atoms with van der Waals surface area (Å²) in [5, 5.41) is 5.64. The molecule has 8 heteroatoms. The van der Waals surface area contributed by atoms with E-state index in [4.69, 9.17) is 9.47 Å². The number of aromatic nitrogens is 2. The van der Waals surface area contributed by atoms with E-state index in [0.29, 0.717) is 24.8 Å². The van der Waals surface area contributed by atoms with E-state index in [9.17, 15) is 9.59 Å². The third-order valence-electron chi connectivity index (χ3n) is 3.17. The van der Waals surface area contributed by atoms with Gasteiger partial charge in [-0.15, -0.1) is 0 Å². The van der Waals surface area contributed by atoms with E-state index in [0.717, 1.165) is 0 Å². The Balaban J connectivity index is 2.06. The molecule has 1 amide bonds. The van der Waals surface area contributed by atoms with Gasteiger partial charge in [-0.3, -0.25) is 4.79 Å². The molecule has 2 N–H and O–H groups in total. The number of rotatable bonds is 8. The lowest BCUT2D eigenvalue weighted by Gasteiger charge is -2.10. The summed E-state index contributed by atoms with van der Waals surface area (Å²) < 4.78 is 9.90. The van der Waals surface area contributed by atoms with E-state index in [1.807, 2.05) is 0 Å². The molecule has 0 unspecified atom stereocenters. The second kappa shape index (κ2) is 9.33. The number of amides is 1. The van der Waals surface area contributed by atoms with Gasteiger partial charge in [-0.1, -0.05) is 12.1 Å². The van der Waals surface area contributed by atoms with Gasteiger partial charge in [0.05, 0.1) is 30.0 Å². The number of hydrogen-bond donors (Lipinski definition) is 2. The largest absolute Gasteiger partial charge is 0.462 e. The Kier molecular flexibility index (Phi) is 6.85. The van der Waals surface area contributed by atoms with Crippen LogP contribution in [0.1, 0.15) is 27.6 Å². The van der Waals surface area contributed by atoms with Crippen LogP contribution >= 0.6 is 0 Å². The van der Waals surface area contributed by atoms with Gasteiger partial charge in [0.15, 0.2) is 0 Å². The fourth-order valence-corrected chi connectivity index (χ4v) is 1.97. The molecule has 2 aromatic rings. The third kappa shape index (κ3) is 5.25. The number of nitrogens with zero attached hydrogens (tertiary/aromatic N) is 2. The monoisotopic (exact) mass is 344 g/mol. The van der Waals surface area contributed by atoms with Crippen LogP contribution < -0.4 is 10.6 Å². The molecule has 0 aliphatic carbocycles. The topological polar surface area (TPSA) is 102 Å². The van der Waals surface area contributed by atoms with Gasteiger partial charge in [-0.2, -0.15) is 0 Å². The van der Waals surface area contributed by atoms with Crippen molar-refractivity contribution in [3.05, 3.63) is 47.8 Å². The van der Waals surface area contributed by atoms with Crippen LogP contribution in [0.3, 0.4) is 0 Å². The number of ether oxygens (including phenoxy) is 2. The van der Waals surface area contributed by atoms with Crippen molar-refractivity contribution in [2.24, 2.45) is 0 Å². The number of benzene rings is 1. The molecule has 0 aliphatic heterocycles. The predicted molar refractivity (Wildman–Crippen MR) is 92.7 cm³/mol. The summed E-state index contributed by atoms with van der Waals surface area (Å²) in [6.45, 7) is 3.07.